The molecule has 5 rings (SSSR count). The standard InChI is InChI=1S/C24H29N7O2/c1-16(2)23-26-22(29-33-23)18-8-9-21(25-15-18)30-10-12-31(13-11-30)24(32)20-14-19(27-28-20)17-6-4-3-5-7-17/h3-9,15-16,19-20,27-28H,10-14H2,1-2H3. The van der Waals surface area contributed by atoms with Crippen molar-refractivity contribution in [2.45, 2.75) is 38.3 Å². The number of nitrogens with zero attached hydrogens (tertiary/aromatic N) is 5. The normalized spacial score (nSPS) is 21.1. The average molecular weight is 448 g/mol. The number of hydrogen-bond acceptors (Lipinski definition) is 8. The largest absolute Gasteiger partial charge is 0.353 e. The van der Waals surface area contributed by atoms with E-state index >= 15 is 0 Å². The minimum absolute atomic E-state index is 0.153. The highest BCUT2D eigenvalue weighted by atomic mass is 16.5. The highest BCUT2D eigenvalue weighted by Crippen LogP contribution is 2.24. The fourth-order valence-corrected chi connectivity index (χ4v) is 4.29. The molecular weight excluding hydrogens is 418 g/mol. The van der Waals surface area contributed by atoms with Gasteiger partial charge in [-0.25, -0.2) is 15.8 Å². The minimum atomic E-state index is -0.204. The van der Waals surface area contributed by atoms with Crippen LogP contribution in [0.25, 0.3) is 11.4 Å². The Kier molecular flexibility index (Phi) is 6.06. The fourth-order valence-electron chi connectivity index (χ4n) is 4.29. The molecule has 2 aromatic heterocycles. The number of pyridine rings is 1. The minimum Gasteiger partial charge on any atom is -0.353 e. The summed E-state index contributed by atoms with van der Waals surface area (Å²) in [6, 6.07) is 14.1. The van der Waals surface area contributed by atoms with Gasteiger partial charge < -0.3 is 14.3 Å². The third-order valence-corrected chi connectivity index (χ3v) is 6.26. The van der Waals surface area contributed by atoms with Crippen LogP contribution in [-0.4, -0.2) is 58.2 Å². The van der Waals surface area contributed by atoms with Crippen molar-refractivity contribution < 1.29 is 9.32 Å². The number of carbonyl (C=O) groups is 1. The molecule has 9 heteroatoms. The molecule has 3 aromatic rings. The van der Waals surface area contributed by atoms with Gasteiger partial charge in [0.15, 0.2) is 0 Å². The van der Waals surface area contributed by atoms with Crippen LogP contribution in [0.4, 0.5) is 5.82 Å². The Hall–Kier alpha value is -3.30. The monoisotopic (exact) mass is 447 g/mol. The van der Waals surface area contributed by atoms with E-state index in [1.165, 1.54) is 5.56 Å². The Bertz CT molecular complexity index is 1080. The quantitative estimate of drug-likeness (QED) is 0.616. The second kappa shape index (κ2) is 9.29. The van der Waals surface area contributed by atoms with Gasteiger partial charge in [-0.2, -0.15) is 4.98 Å². The van der Waals surface area contributed by atoms with Gasteiger partial charge in [-0.3, -0.25) is 4.79 Å². The molecule has 0 spiro atoms. The number of hydrazine groups is 1. The highest BCUT2D eigenvalue weighted by Gasteiger charge is 2.34. The van der Waals surface area contributed by atoms with Crippen LogP contribution in [0, 0.1) is 0 Å². The zero-order valence-electron chi connectivity index (χ0n) is 18.9. The SMILES string of the molecule is CC(C)c1nc(-c2ccc(N3CCN(C(=O)C4CC(c5ccccc5)NN4)CC3)nc2)no1. The second-order valence-corrected chi connectivity index (χ2v) is 8.87. The third-order valence-electron chi connectivity index (χ3n) is 6.26. The fraction of sp³-hybridized carbons (Fsp3) is 0.417. The van der Waals surface area contributed by atoms with Gasteiger partial charge in [-0.15, -0.1) is 0 Å². The summed E-state index contributed by atoms with van der Waals surface area (Å²) in [6.45, 7) is 6.89. The second-order valence-electron chi connectivity index (χ2n) is 8.87. The third kappa shape index (κ3) is 4.60. The molecule has 2 unspecified atom stereocenters. The Morgan fingerprint density at radius 1 is 1.06 bits per heavy atom. The average Bonchev–Trinajstić information content (AvgIpc) is 3.55. The molecule has 1 amide bonds. The molecule has 4 heterocycles. The molecule has 2 fully saturated rings. The smallest absolute Gasteiger partial charge is 0.241 e. The molecule has 0 saturated carbocycles. The van der Waals surface area contributed by atoms with Gasteiger partial charge in [-0.05, 0) is 24.1 Å². The van der Waals surface area contributed by atoms with Crippen molar-refractivity contribution >= 4 is 11.7 Å². The van der Waals surface area contributed by atoms with Gasteiger partial charge in [0.25, 0.3) is 0 Å². The van der Waals surface area contributed by atoms with Crippen LogP contribution in [-0.2, 0) is 4.79 Å². The maximum Gasteiger partial charge on any atom is 0.241 e. The number of piperazine rings is 1. The lowest BCUT2D eigenvalue weighted by Gasteiger charge is -2.36. The molecule has 0 aliphatic carbocycles. The molecule has 172 valence electrons. The van der Waals surface area contributed by atoms with E-state index in [1.807, 2.05) is 49.1 Å². The van der Waals surface area contributed by atoms with Crippen LogP contribution >= 0.6 is 0 Å². The van der Waals surface area contributed by atoms with E-state index in [0.29, 0.717) is 24.8 Å². The van der Waals surface area contributed by atoms with E-state index in [4.69, 9.17) is 4.52 Å². The Morgan fingerprint density at radius 2 is 1.85 bits per heavy atom. The lowest BCUT2D eigenvalue weighted by molar-refractivity contribution is -0.133. The molecule has 2 N–H and O–H groups in total. The van der Waals surface area contributed by atoms with E-state index in [0.717, 1.165) is 30.9 Å². The van der Waals surface area contributed by atoms with Crippen molar-refractivity contribution in [2.75, 3.05) is 31.1 Å². The molecule has 9 nitrogen and oxygen atoms in total. The summed E-state index contributed by atoms with van der Waals surface area (Å²) in [5.41, 5.74) is 8.48. The van der Waals surface area contributed by atoms with Crippen LogP contribution in [0.15, 0.2) is 53.2 Å². The predicted octanol–water partition coefficient (Wildman–Crippen LogP) is 2.51. The summed E-state index contributed by atoms with van der Waals surface area (Å²) in [5.74, 6) is 2.42. The Balaban J connectivity index is 1.15. The molecule has 0 radical (unpaired) electrons. The predicted molar refractivity (Wildman–Crippen MR) is 124 cm³/mol. The molecule has 1 aromatic carbocycles. The van der Waals surface area contributed by atoms with Gasteiger partial charge in [0.2, 0.25) is 17.6 Å². The molecule has 0 bridgehead atoms. The van der Waals surface area contributed by atoms with E-state index in [9.17, 15) is 4.79 Å². The summed E-state index contributed by atoms with van der Waals surface area (Å²) in [7, 11) is 0. The van der Waals surface area contributed by atoms with Gasteiger partial charge in [-0.1, -0.05) is 49.3 Å². The first-order chi connectivity index (χ1) is 16.1. The highest BCUT2D eigenvalue weighted by molar-refractivity contribution is 5.82. The van der Waals surface area contributed by atoms with Crippen LogP contribution in [0.3, 0.4) is 0 Å². The number of hydrogen-bond donors (Lipinski definition) is 2. The van der Waals surface area contributed by atoms with Gasteiger partial charge in [0.1, 0.15) is 11.9 Å². The lowest BCUT2D eigenvalue weighted by atomic mass is 10.0. The van der Waals surface area contributed by atoms with Crippen molar-refractivity contribution in [3.8, 4) is 11.4 Å². The summed E-state index contributed by atoms with van der Waals surface area (Å²) < 4.78 is 5.29. The van der Waals surface area contributed by atoms with E-state index in [-0.39, 0.29) is 23.9 Å². The number of rotatable bonds is 5. The number of aromatic nitrogens is 3. The molecule has 2 saturated heterocycles. The van der Waals surface area contributed by atoms with Crippen LogP contribution in [0.1, 0.15) is 43.7 Å². The lowest BCUT2D eigenvalue weighted by Crippen LogP contribution is -2.53. The number of benzene rings is 1. The summed E-state index contributed by atoms with van der Waals surface area (Å²) in [5, 5.41) is 4.05. The molecule has 2 atom stereocenters. The molecule has 2 aliphatic heterocycles. The summed E-state index contributed by atoms with van der Waals surface area (Å²) >= 11 is 0. The zero-order chi connectivity index (χ0) is 22.8. The maximum absolute atomic E-state index is 13.0. The van der Waals surface area contributed by atoms with Crippen LogP contribution < -0.4 is 15.8 Å². The van der Waals surface area contributed by atoms with Crippen molar-refractivity contribution in [2.24, 2.45) is 0 Å². The first-order valence-corrected chi connectivity index (χ1v) is 11.5. The van der Waals surface area contributed by atoms with Crippen molar-refractivity contribution in [1.29, 1.82) is 0 Å². The Morgan fingerprint density at radius 3 is 2.52 bits per heavy atom. The molecule has 2 aliphatic rings. The van der Waals surface area contributed by atoms with E-state index in [1.54, 1.807) is 6.20 Å². The zero-order valence-corrected chi connectivity index (χ0v) is 18.9. The Labute approximate surface area is 193 Å². The summed E-state index contributed by atoms with van der Waals surface area (Å²) in [6.07, 6.45) is 2.53. The molecular formula is C24H29N7O2. The van der Waals surface area contributed by atoms with Crippen molar-refractivity contribution in [3.63, 3.8) is 0 Å². The maximum atomic E-state index is 13.0. The van der Waals surface area contributed by atoms with E-state index in [2.05, 4.69) is 43.0 Å². The van der Waals surface area contributed by atoms with Gasteiger partial charge in [0.05, 0.1) is 0 Å². The van der Waals surface area contributed by atoms with Crippen molar-refractivity contribution in [3.05, 3.63) is 60.1 Å². The van der Waals surface area contributed by atoms with E-state index < -0.39 is 0 Å². The summed E-state index contributed by atoms with van der Waals surface area (Å²) in [4.78, 5) is 26.2. The topological polar surface area (TPSA) is 99.4 Å². The van der Waals surface area contributed by atoms with Crippen LogP contribution in [0.5, 0.6) is 0 Å². The van der Waals surface area contributed by atoms with Gasteiger partial charge in [0, 0.05) is 49.9 Å². The first-order valence-electron chi connectivity index (χ1n) is 11.5. The van der Waals surface area contributed by atoms with Crippen molar-refractivity contribution in [1.82, 2.24) is 30.9 Å². The van der Waals surface area contributed by atoms with Crippen LogP contribution in [0.2, 0.25) is 0 Å². The number of nitrogens with one attached hydrogen (secondary N) is 2. The number of amides is 1. The van der Waals surface area contributed by atoms with Gasteiger partial charge >= 0.3 is 0 Å². The number of carbonyl (C=O) groups excluding carboxylic acids is 1. The molecule has 33 heavy (non-hydrogen) atoms. The first kappa shape index (κ1) is 21.5. The number of anilines is 1.